The SMILES string of the molecule is CCCC[C@@H](c1ccccc1)N(CCC)c1nc(-c2ccc(OC)cc2C)n(C)n1. The fourth-order valence-electron chi connectivity index (χ4n) is 3.95. The lowest BCUT2D eigenvalue weighted by Crippen LogP contribution is -2.30. The highest BCUT2D eigenvalue weighted by Gasteiger charge is 2.24. The minimum Gasteiger partial charge on any atom is -0.497 e. The van der Waals surface area contributed by atoms with Crippen molar-refractivity contribution in [2.24, 2.45) is 7.05 Å². The smallest absolute Gasteiger partial charge is 0.245 e. The number of methoxy groups -OCH3 is 1. The van der Waals surface area contributed by atoms with Gasteiger partial charge in [-0.25, -0.2) is 4.68 Å². The molecule has 0 spiro atoms. The van der Waals surface area contributed by atoms with E-state index in [1.165, 1.54) is 18.4 Å². The summed E-state index contributed by atoms with van der Waals surface area (Å²) in [5.74, 6) is 2.54. The second kappa shape index (κ2) is 10.3. The molecule has 0 amide bonds. The van der Waals surface area contributed by atoms with Gasteiger partial charge >= 0.3 is 0 Å². The molecule has 2 aromatic carbocycles. The summed E-state index contributed by atoms with van der Waals surface area (Å²) in [6, 6.07) is 17.1. The van der Waals surface area contributed by atoms with Crippen LogP contribution >= 0.6 is 0 Å². The Morgan fingerprint density at radius 3 is 2.47 bits per heavy atom. The zero-order chi connectivity index (χ0) is 21.5. The van der Waals surface area contributed by atoms with Crippen molar-refractivity contribution in [3.63, 3.8) is 0 Å². The van der Waals surface area contributed by atoms with E-state index in [-0.39, 0.29) is 6.04 Å². The quantitative estimate of drug-likeness (QED) is 0.417. The van der Waals surface area contributed by atoms with E-state index < -0.39 is 0 Å². The molecule has 0 saturated heterocycles. The number of ether oxygens (including phenoxy) is 1. The van der Waals surface area contributed by atoms with Crippen LogP contribution in [0.15, 0.2) is 48.5 Å². The molecule has 0 fully saturated rings. The molecule has 1 atom stereocenters. The second-order valence-electron chi connectivity index (χ2n) is 7.80. The van der Waals surface area contributed by atoms with Gasteiger partial charge in [-0.1, -0.05) is 57.0 Å². The number of hydrogen-bond acceptors (Lipinski definition) is 4. The van der Waals surface area contributed by atoms with E-state index in [1.54, 1.807) is 7.11 Å². The Bertz CT molecular complexity index is 936. The fraction of sp³-hybridized carbons (Fsp3) is 0.440. The van der Waals surface area contributed by atoms with Gasteiger partial charge in [0, 0.05) is 19.2 Å². The average molecular weight is 407 g/mol. The van der Waals surface area contributed by atoms with Gasteiger partial charge in [-0.2, -0.15) is 4.98 Å². The van der Waals surface area contributed by atoms with Gasteiger partial charge in [-0.3, -0.25) is 0 Å². The van der Waals surface area contributed by atoms with Crippen LogP contribution in [-0.2, 0) is 7.05 Å². The molecule has 0 bridgehead atoms. The Kier molecular flexibility index (Phi) is 7.50. The van der Waals surface area contributed by atoms with E-state index in [0.29, 0.717) is 0 Å². The van der Waals surface area contributed by atoms with E-state index in [2.05, 4.69) is 62.1 Å². The zero-order valence-corrected chi connectivity index (χ0v) is 18.9. The summed E-state index contributed by atoms with van der Waals surface area (Å²) in [4.78, 5) is 7.39. The number of hydrogen-bond donors (Lipinski definition) is 0. The van der Waals surface area contributed by atoms with Gasteiger partial charge in [0.15, 0.2) is 5.82 Å². The van der Waals surface area contributed by atoms with E-state index >= 15 is 0 Å². The largest absolute Gasteiger partial charge is 0.497 e. The van der Waals surface area contributed by atoms with Crippen LogP contribution in [0, 0.1) is 6.92 Å². The minimum atomic E-state index is 0.276. The highest BCUT2D eigenvalue weighted by atomic mass is 16.5. The number of nitrogens with zero attached hydrogens (tertiary/aromatic N) is 4. The third-order valence-corrected chi connectivity index (χ3v) is 5.54. The molecule has 30 heavy (non-hydrogen) atoms. The maximum absolute atomic E-state index is 5.36. The van der Waals surface area contributed by atoms with Crippen LogP contribution in [0.4, 0.5) is 5.95 Å². The van der Waals surface area contributed by atoms with E-state index in [9.17, 15) is 0 Å². The normalized spacial score (nSPS) is 12.0. The van der Waals surface area contributed by atoms with Crippen LogP contribution in [0.2, 0.25) is 0 Å². The summed E-state index contributed by atoms with van der Waals surface area (Å²) in [7, 11) is 3.67. The maximum atomic E-state index is 5.36. The Morgan fingerprint density at radius 2 is 1.83 bits per heavy atom. The number of rotatable bonds is 10. The van der Waals surface area contributed by atoms with Gasteiger partial charge in [-0.15, -0.1) is 5.10 Å². The van der Waals surface area contributed by atoms with Crippen LogP contribution in [0.1, 0.15) is 56.7 Å². The summed E-state index contributed by atoms with van der Waals surface area (Å²) >= 11 is 0. The molecule has 0 aliphatic carbocycles. The van der Waals surface area contributed by atoms with Crippen molar-refractivity contribution in [3.05, 3.63) is 59.7 Å². The standard InChI is InChI=1S/C25H34N4O/c1-6-8-14-23(20-12-10-9-11-13-20)29(17-7-2)25-26-24(28(4)27-25)22-16-15-21(30-5)18-19(22)3/h9-13,15-16,18,23H,6-8,14,17H2,1-5H3/t23-/m0/s1. The van der Waals surface area contributed by atoms with E-state index in [4.69, 9.17) is 14.8 Å². The number of aryl methyl sites for hydroxylation is 2. The van der Waals surface area contributed by atoms with Crippen molar-refractivity contribution in [2.45, 2.75) is 52.5 Å². The molecule has 0 aliphatic heterocycles. The van der Waals surface area contributed by atoms with Gasteiger partial charge in [-0.05, 0) is 49.1 Å². The van der Waals surface area contributed by atoms with E-state index in [1.807, 2.05) is 23.9 Å². The topological polar surface area (TPSA) is 43.2 Å². The molecule has 3 rings (SSSR count). The first-order valence-electron chi connectivity index (χ1n) is 11.0. The molecule has 3 aromatic rings. The summed E-state index contributed by atoms with van der Waals surface area (Å²) in [6.45, 7) is 7.47. The molecule has 160 valence electrons. The summed E-state index contributed by atoms with van der Waals surface area (Å²) in [5.41, 5.74) is 3.54. The van der Waals surface area contributed by atoms with Crippen molar-refractivity contribution in [3.8, 4) is 17.1 Å². The molecule has 0 radical (unpaired) electrons. The Morgan fingerprint density at radius 1 is 1.07 bits per heavy atom. The highest BCUT2D eigenvalue weighted by molar-refractivity contribution is 5.63. The van der Waals surface area contributed by atoms with Gasteiger partial charge < -0.3 is 9.64 Å². The van der Waals surface area contributed by atoms with Crippen molar-refractivity contribution in [1.29, 1.82) is 0 Å². The number of benzene rings is 2. The Labute approximate surface area is 180 Å². The summed E-state index contributed by atoms with van der Waals surface area (Å²) < 4.78 is 7.26. The monoisotopic (exact) mass is 406 g/mol. The van der Waals surface area contributed by atoms with Crippen molar-refractivity contribution in [1.82, 2.24) is 14.8 Å². The predicted octanol–water partition coefficient (Wildman–Crippen LogP) is 5.95. The maximum Gasteiger partial charge on any atom is 0.245 e. The van der Waals surface area contributed by atoms with Gasteiger partial charge in [0.2, 0.25) is 5.95 Å². The molecule has 0 unspecified atom stereocenters. The van der Waals surface area contributed by atoms with Crippen LogP contribution in [0.25, 0.3) is 11.4 Å². The lowest BCUT2D eigenvalue weighted by molar-refractivity contribution is 0.414. The third-order valence-electron chi connectivity index (χ3n) is 5.54. The first-order chi connectivity index (χ1) is 14.6. The number of aromatic nitrogens is 3. The zero-order valence-electron chi connectivity index (χ0n) is 18.9. The van der Waals surface area contributed by atoms with Crippen molar-refractivity contribution < 1.29 is 4.74 Å². The number of anilines is 1. The predicted molar refractivity (Wildman–Crippen MR) is 124 cm³/mol. The van der Waals surface area contributed by atoms with Gasteiger partial charge in [0.1, 0.15) is 5.75 Å². The number of unbranched alkanes of at least 4 members (excludes halogenated alkanes) is 1. The molecular formula is C25H34N4O. The molecule has 5 nitrogen and oxygen atoms in total. The van der Waals surface area contributed by atoms with Crippen LogP contribution in [-0.4, -0.2) is 28.4 Å². The lowest BCUT2D eigenvalue weighted by atomic mass is 9.99. The molecule has 5 heteroatoms. The molecular weight excluding hydrogens is 372 g/mol. The van der Waals surface area contributed by atoms with Crippen LogP contribution in [0.3, 0.4) is 0 Å². The molecule has 0 aliphatic rings. The average Bonchev–Trinajstić information content (AvgIpc) is 3.14. The molecule has 0 saturated carbocycles. The Hall–Kier alpha value is -2.82. The molecule has 0 N–H and O–H groups in total. The Balaban J connectivity index is 2.01. The minimum absolute atomic E-state index is 0.276. The molecule has 1 aromatic heterocycles. The first-order valence-corrected chi connectivity index (χ1v) is 11.0. The van der Waals surface area contributed by atoms with E-state index in [0.717, 1.165) is 48.0 Å². The highest BCUT2D eigenvalue weighted by Crippen LogP contribution is 2.32. The van der Waals surface area contributed by atoms with Crippen LogP contribution in [0.5, 0.6) is 5.75 Å². The summed E-state index contributed by atoms with van der Waals surface area (Å²) in [5, 5.41) is 4.84. The molecule has 1 heterocycles. The second-order valence-corrected chi connectivity index (χ2v) is 7.80. The fourth-order valence-corrected chi connectivity index (χ4v) is 3.95. The van der Waals surface area contributed by atoms with Crippen molar-refractivity contribution in [2.75, 3.05) is 18.6 Å². The van der Waals surface area contributed by atoms with Crippen molar-refractivity contribution >= 4 is 5.95 Å². The lowest BCUT2D eigenvalue weighted by Gasteiger charge is -2.31. The summed E-state index contributed by atoms with van der Waals surface area (Å²) in [6.07, 6.45) is 4.49. The van der Waals surface area contributed by atoms with Gasteiger partial charge in [0.05, 0.1) is 13.2 Å². The van der Waals surface area contributed by atoms with Gasteiger partial charge in [0.25, 0.3) is 0 Å². The third kappa shape index (κ3) is 4.84. The van der Waals surface area contributed by atoms with Crippen LogP contribution < -0.4 is 9.64 Å². The first kappa shape index (κ1) is 21.9.